The van der Waals surface area contributed by atoms with Gasteiger partial charge in [-0.05, 0) is 54.5 Å². The first-order valence-electron chi connectivity index (χ1n) is 9.16. The number of benzene rings is 1. The molecule has 1 aromatic carbocycles. The molecule has 0 bridgehead atoms. The summed E-state index contributed by atoms with van der Waals surface area (Å²) < 4.78 is 10.4. The first-order valence-corrected chi connectivity index (χ1v) is 9.98. The second kappa shape index (κ2) is 8.97. The number of urea groups is 1. The molecule has 7 nitrogen and oxygen atoms in total. The number of hydrogen-bond acceptors (Lipinski definition) is 5. The van der Waals surface area contributed by atoms with E-state index in [1.807, 2.05) is 12.1 Å². The molecule has 3 rings (SSSR count). The maximum absolute atomic E-state index is 12.3. The van der Waals surface area contributed by atoms with E-state index in [1.54, 1.807) is 26.4 Å². The van der Waals surface area contributed by atoms with Gasteiger partial charge in [-0.2, -0.15) is 0 Å². The van der Waals surface area contributed by atoms with Gasteiger partial charge in [0, 0.05) is 11.4 Å². The number of fused-ring (bicyclic) bond motifs is 1. The van der Waals surface area contributed by atoms with Gasteiger partial charge >= 0.3 is 6.03 Å². The van der Waals surface area contributed by atoms with E-state index in [0.29, 0.717) is 22.3 Å². The lowest BCUT2D eigenvalue weighted by molar-refractivity contribution is 0.0940. The number of hydrazine groups is 1. The Morgan fingerprint density at radius 2 is 1.93 bits per heavy atom. The van der Waals surface area contributed by atoms with E-state index in [-0.39, 0.29) is 12.5 Å². The quantitative estimate of drug-likeness (QED) is 0.670. The van der Waals surface area contributed by atoms with Crippen LogP contribution in [0, 0.1) is 5.92 Å². The zero-order chi connectivity index (χ0) is 20.1. The average molecular weight is 404 g/mol. The van der Waals surface area contributed by atoms with Crippen LogP contribution in [-0.4, -0.2) is 26.2 Å². The van der Waals surface area contributed by atoms with Crippen molar-refractivity contribution in [1.29, 1.82) is 0 Å². The lowest BCUT2D eigenvalue weighted by Gasteiger charge is -2.16. The van der Waals surface area contributed by atoms with Gasteiger partial charge < -0.3 is 14.8 Å². The molecule has 2 aromatic rings. The minimum atomic E-state index is -0.488. The molecular formula is C20H25N3O4S. The molecule has 28 heavy (non-hydrogen) atoms. The summed E-state index contributed by atoms with van der Waals surface area (Å²) in [5.74, 6) is 1.56. The van der Waals surface area contributed by atoms with Crippen LogP contribution in [-0.2, 0) is 19.4 Å². The third kappa shape index (κ3) is 4.75. The number of carbonyl (C=O) groups excluding carboxylic acids is 2. The second-order valence-corrected chi connectivity index (χ2v) is 7.99. The van der Waals surface area contributed by atoms with Crippen LogP contribution in [0.3, 0.4) is 0 Å². The van der Waals surface area contributed by atoms with Crippen molar-refractivity contribution >= 4 is 23.3 Å². The van der Waals surface area contributed by atoms with Crippen molar-refractivity contribution in [2.75, 3.05) is 14.2 Å². The Labute approximate surface area is 168 Å². The fraction of sp³-hybridized carbons (Fsp3) is 0.400. The highest BCUT2D eigenvalue weighted by molar-refractivity contribution is 7.14. The number of ether oxygens (including phenoxy) is 2. The molecule has 0 saturated carbocycles. The van der Waals surface area contributed by atoms with Crippen molar-refractivity contribution in [2.45, 2.75) is 32.7 Å². The monoisotopic (exact) mass is 403 g/mol. The molecule has 0 saturated heterocycles. The van der Waals surface area contributed by atoms with Crippen LogP contribution >= 0.6 is 11.3 Å². The van der Waals surface area contributed by atoms with E-state index in [2.05, 4.69) is 23.1 Å². The van der Waals surface area contributed by atoms with E-state index >= 15 is 0 Å². The largest absolute Gasteiger partial charge is 0.493 e. The highest BCUT2D eigenvalue weighted by Crippen LogP contribution is 2.32. The number of aryl methyl sites for hydroxylation is 1. The Morgan fingerprint density at radius 1 is 1.14 bits per heavy atom. The second-order valence-electron chi connectivity index (χ2n) is 6.86. The number of thiophene rings is 1. The van der Waals surface area contributed by atoms with Gasteiger partial charge in [0.2, 0.25) is 0 Å². The van der Waals surface area contributed by atoms with Gasteiger partial charge in [0.1, 0.15) is 0 Å². The molecule has 0 aliphatic heterocycles. The normalized spacial score (nSPS) is 15.3. The van der Waals surface area contributed by atoms with Crippen molar-refractivity contribution in [3.8, 4) is 11.5 Å². The van der Waals surface area contributed by atoms with Gasteiger partial charge in [-0.1, -0.05) is 13.0 Å². The average Bonchev–Trinajstić information content (AvgIpc) is 3.13. The summed E-state index contributed by atoms with van der Waals surface area (Å²) >= 11 is 1.51. The highest BCUT2D eigenvalue weighted by Gasteiger charge is 2.20. The van der Waals surface area contributed by atoms with Crippen LogP contribution in [0.25, 0.3) is 0 Å². The van der Waals surface area contributed by atoms with Gasteiger partial charge in [-0.15, -0.1) is 11.3 Å². The van der Waals surface area contributed by atoms with E-state index < -0.39 is 6.03 Å². The first kappa shape index (κ1) is 20.0. The third-order valence-electron chi connectivity index (χ3n) is 4.74. The zero-order valence-corrected chi connectivity index (χ0v) is 17.1. The van der Waals surface area contributed by atoms with Gasteiger partial charge in [-0.25, -0.2) is 10.2 Å². The molecule has 1 aliphatic rings. The van der Waals surface area contributed by atoms with E-state index in [4.69, 9.17) is 9.47 Å². The van der Waals surface area contributed by atoms with Crippen LogP contribution in [0.5, 0.6) is 11.5 Å². The molecule has 1 atom stereocenters. The molecule has 1 unspecified atom stereocenters. The Hall–Kier alpha value is -2.74. The molecule has 1 aliphatic carbocycles. The summed E-state index contributed by atoms with van der Waals surface area (Å²) in [6.07, 6.45) is 3.19. The summed E-state index contributed by atoms with van der Waals surface area (Å²) in [7, 11) is 3.12. The maximum Gasteiger partial charge on any atom is 0.333 e. The van der Waals surface area contributed by atoms with Crippen LogP contribution in [0.2, 0.25) is 0 Å². The molecule has 1 aromatic heterocycles. The molecule has 8 heteroatoms. The fourth-order valence-corrected chi connectivity index (χ4v) is 4.31. The number of hydrogen-bond donors (Lipinski definition) is 3. The highest BCUT2D eigenvalue weighted by atomic mass is 32.1. The van der Waals surface area contributed by atoms with E-state index in [0.717, 1.165) is 24.8 Å². The van der Waals surface area contributed by atoms with Crippen molar-refractivity contribution in [3.63, 3.8) is 0 Å². The van der Waals surface area contributed by atoms with E-state index in [9.17, 15) is 9.59 Å². The van der Waals surface area contributed by atoms with Gasteiger partial charge in [0.05, 0.1) is 19.1 Å². The lowest BCUT2D eigenvalue weighted by Crippen LogP contribution is -2.46. The molecule has 0 radical (unpaired) electrons. The fourth-order valence-electron chi connectivity index (χ4n) is 3.21. The van der Waals surface area contributed by atoms with Crippen LogP contribution in [0.1, 0.15) is 39.0 Å². The minimum Gasteiger partial charge on any atom is -0.493 e. The molecule has 3 N–H and O–H groups in total. The molecule has 150 valence electrons. The zero-order valence-electron chi connectivity index (χ0n) is 16.3. The van der Waals surface area contributed by atoms with E-state index in [1.165, 1.54) is 21.8 Å². The van der Waals surface area contributed by atoms with Crippen molar-refractivity contribution in [1.82, 2.24) is 16.2 Å². The Bertz CT molecular complexity index is 865. The number of amides is 3. The number of nitrogens with one attached hydrogen (secondary N) is 3. The Balaban J connectivity index is 1.48. The Morgan fingerprint density at radius 3 is 2.68 bits per heavy atom. The lowest BCUT2D eigenvalue weighted by atomic mass is 9.90. The summed E-state index contributed by atoms with van der Waals surface area (Å²) in [6.45, 7) is 2.51. The van der Waals surface area contributed by atoms with Crippen LogP contribution in [0.4, 0.5) is 4.79 Å². The summed E-state index contributed by atoms with van der Waals surface area (Å²) in [4.78, 5) is 26.2. The van der Waals surface area contributed by atoms with Gasteiger partial charge in [0.15, 0.2) is 11.5 Å². The number of methoxy groups -OCH3 is 2. The summed E-state index contributed by atoms with van der Waals surface area (Å²) in [5, 5.41) is 2.69. The summed E-state index contributed by atoms with van der Waals surface area (Å²) in [6, 6.07) is 6.84. The number of carbonyl (C=O) groups is 2. The molecule has 0 spiro atoms. The number of rotatable bonds is 5. The van der Waals surface area contributed by atoms with Crippen molar-refractivity contribution in [2.24, 2.45) is 5.92 Å². The van der Waals surface area contributed by atoms with Crippen LogP contribution < -0.4 is 25.6 Å². The van der Waals surface area contributed by atoms with Gasteiger partial charge in [-0.3, -0.25) is 10.2 Å². The minimum absolute atomic E-state index is 0.285. The standard InChI is InChI=1S/C20H25N3O4S/c1-12-4-7-17-14(8-12)10-18(28-17)19(24)22-23-20(25)21-11-13-5-6-15(26-2)16(9-13)27-3/h5-6,9-10,12H,4,7-8,11H2,1-3H3,(H,22,24)(H2,21,23,25). The first-order chi connectivity index (χ1) is 13.5. The predicted molar refractivity (Wildman–Crippen MR) is 108 cm³/mol. The van der Waals surface area contributed by atoms with Crippen molar-refractivity contribution in [3.05, 3.63) is 45.1 Å². The van der Waals surface area contributed by atoms with Crippen molar-refractivity contribution < 1.29 is 19.1 Å². The Kier molecular flexibility index (Phi) is 6.41. The third-order valence-corrected chi connectivity index (χ3v) is 5.98. The molecule has 1 heterocycles. The molecular weight excluding hydrogens is 378 g/mol. The summed E-state index contributed by atoms with van der Waals surface area (Å²) in [5.41, 5.74) is 6.96. The maximum atomic E-state index is 12.3. The van der Waals surface area contributed by atoms with Gasteiger partial charge in [0.25, 0.3) is 5.91 Å². The smallest absolute Gasteiger partial charge is 0.333 e. The topological polar surface area (TPSA) is 88.7 Å². The SMILES string of the molecule is COc1ccc(CNC(=O)NNC(=O)c2cc3c(s2)CCC(C)C3)cc1OC. The predicted octanol–water partition coefficient (Wildman–Crippen LogP) is 3.03. The molecule has 0 fully saturated rings. The van der Waals surface area contributed by atoms with Crippen LogP contribution in [0.15, 0.2) is 24.3 Å². The molecule has 3 amide bonds.